The number of hydrogen-bond donors (Lipinski definition) is 2. The Morgan fingerprint density at radius 1 is 1.28 bits per heavy atom. The number of halogens is 1. The molecule has 1 aromatic rings. The van der Waals surface area contributed by atoms with Crippen molar-refractivity contribution in [3.05, 3.63) is 30.1 Å². The van der Waals surface area contributed by atoms with Crippen molar-refractivity contribution in [2.24, 2.45) is 0 Å². The Labute approximate surface area is 107 Å². The molecule has 1 amide bonds. The molecule has 0 aromatic heterocycles. The Balaban J connectivity index is 1.80. The molecule has 0 atom stereocenters. The molecule has 1 aliphatic carbocycles. The van der Waals surface area contributed by atoms with Gasteiger partial charge in [-0.1, -0.05) is 12.8 Å². The number of rotatable bonds is 4. The zero-order chi connectivity index (χ0) is 13.0. The summed E-state index contributed by atoms with van der Waals surface area (Å²) in [7, 11) is 0. The van der Waals surface area contributed by atoms with Crippen molar-refractivity contribution in [2.45, 2.75) is 38.1 Å². The van der Waals surface area contributed by atoms with Crippen molar-refractivity contribution < 1.29 is 9.18 Å². The van der Waals surface area contributed by atoms with Crippen LogP contribution in [-0.4, -0.2) is 18.0 Å². The van der Waals surface area contributed by atoms with Gasteiger partial charge in [0.15, 0.2) is 0 Å². The van der Waals surface area contributed by atoms with Gasteiger partial charge in [0.05, 0.1) is 6.54 Å². The molecule has 0 radical (unpaired) electrons. The van der Waals surface area contributed by atoms with Gasteiger partial charge in [0.1, 0.15) is 5.82 Å². The molecule has 1 aromatic carbocycles. The van der Waals surface area contributed by atoms with Gasteiger partial charge >= 0.3 is 0 Å². The van der Waals surface area contributed by atoms with Crippen LogP contribution in [-0.2, 0) is 4.79 Å². The van der Waals surface area contributed by atoms with E-state index in [-0.39, 0.29) is 17.3 Å². The van der Waals surface area contributed by atoms with Crippen molar-refractivity contribution >= 4 is 11.6 Å². The number of hydrogen-bond acceptors (Lipinski definition) is 2. The Kier molecular flexibility index (Phi) is 3.97. The fraction of sp³-hybridized carbons (Fsp3) is 0.500. The van der Waals surface area contributed by atoms with Gasteiger partial charge in [-0.15, -0.1) is 0 Å². The maximum absolute atomic E-state index is 12.7. The number of benzene rings is 1. The Morgan fingerprint density at radius 3 is 2.50 bits per heavy atom. The van der Waals surface area contributed by atoms with E-state index in [1.54, 1.807) is 12.1 Å². The summed E-state index contributed by atoms with van der Waals surface area (Å²) in [6.07, 6.45) is 4.69. The molecule has 0 heterocycles. The van der Waals surface area contributed by atoms with Crippen LogP contribution in [0.25, 0.3) is 0 Å². The maximum atomic E-state index is 12.7. The highest BCUT2D eigenvalue weighted by Gasteiger charge is 2.28. The van der Waals surface area contributed by atoms with Crippen LogP contribution in [0, 0.1) is 5.82 Å². The Hall–Kier alpha value is -1.42. The zero-order valence-electron chi connectivity index (χ0n) is 10.6. The first-order valence-electron chi connectivity index (χ1n) is 6.38. The van der Waals surface area contributed by atoms with Crippen LogP contribution in [0.5, 0.6) is 0 Å². The first kappa shape index (κ1) is 13.0. The number of carbonyl (C=O) groups is 1. The normalized spacial score (nSPS) is 17.7. The van der Waals surface area contributed by atoms with E-state index in [1.807, 2.05) is 0 Å². The standard InChI is InChI=1S/C14H19FN2O/c1-14(8-2-3-9-14)16-10-13(18)17-12-6-4-11(15)5-7-12/h4-7,16H,2-3,8-10H2,1H3,(H,17,18). The van der Waals surface area contributed by atoms with E-state index in [4.69, 9.17) is 0 Å². The lowest BCUT2D eigenvalue weighted by Gasteiger charge is -2.24. The van der Waals surface area contributed by atoms with E-state index < -0.39 is 0 Å². The lowest BCUT2D eigenvalue weighted by atomic mass is 10.0. The second kappa shape index (κ2) is 5.48. The summed E-state index contributed by atoms with van der Waals surface area (Å²) in [5, 5.41) is 6.05. The summed E-state index contributed by atoms with van der Waals surface area (Å²) < 4.78 is 12.7. The molecule has 18 heavy (non-hydrogen) atoms. The highest BCUT2D eigenvalue weighted by atomic mass is 19.1. The molecule has 3 nitrogen and oxygen atoms in total. The van der Waals surface area contributed by atoms with Crippen molar-refractivity contribution in [1.82, 2.24) is 5.32 Å². The third-order valence-corrected chi connectivity index (χ3v) is 3.51. The fourth-order valence-electron chi connectivity index (χ4n) is 2.36. The minimum Gasteiger partial charge on any atom is -0.325 e. The second-order valence-electron chi connectivity index (χ2n) is 5.18. The molecule has 0 aliphatic heterocycles. The van der Waals surface area contributed by atoms with Gasteiger partial charge in [0, 0.05) is 11.2 Å². The minimum atomic E-state index is -0.301. The summed E-state index contributed by atoms with van der Waals surface area (Å²) in [5.74, 6) is -0.390. The summed E-state index contributed by atoms with van der Waals surface area (Å²) in [4.78, 5) is 11.7. The van der Waals surface area contributed by atoms with Crippen LogP contribution in [0.3, 0.4) is 0 Å². The van der Waals surface area contributed by atoms with Gasteiger partial charge in [0.2, 0.25) is 5.91 Å². The van der Waals surface area contributed by atoms with E-state index in [0.29, 0.717) is 12.2 Å². The lowest BCUT2D eigenvalue weighted by molar-refractivity contribution is -0.115. The molecule has 4 heteroatoms. The van der Waals surface area contributed by atoms with Gasteiger partial charge in [0.25, 0.3) is 0 Å². The molecular weight excluding hydrogens is 231 g/mol. The molecule has 98 valence electrons. The van der Waals surface area contributed by atoms with E-state index in [9.17, 15) is 9.18 Å². The third kappa shape index (κ3) is 3.53. The molecule has 0 bridgehead atoms. The van der Waals surface area contributed by atoms with E-state index in [2.05, 4.69) is 17.6 Å². The van der Waals surface area contributed by atoms with Crippen LogP contribution < -0.4 is 10.6 Å². The van der Waals surface area contributed by atoms with Gasteiger partial charge < -0.3 is 10.6 Å². The van der Waals surface area contributed by atoms with Crippen LogP contribution in [0.15, 0.2) is 24.3 Å². The van der Waals surface area contributed by atoms with Crippen molar-refractivity contribution in [2.75, 3.05) is 11.9 Å². The molecule has 2 N–H and O–H groups in total. The lowest BCUT2D eigenvalue weighted by Crippen LogP contribution is -2.43. The fourth-order valence-corrected chi connectivity index (χ4v) is 2.36. The summed E-state index contributed by atoms with van der Waals surface area (Å²) >= 11 is 0. The maximum Gasteiger partial charge on any atom is 0.238 e. The monoisotopic (exact) mass is 250 g/mol. The van der Waals surface area contributed by atoms with Gasteiger partial charge in [-0.25, -0.2) is 4.39 Å². The number of anilines is 1. The molecule has 2 rings (SSSR count). The summed E-state index contributed by atoms with van der Waals surface area (Å²) in [5.41, 5.74) is 0.722. The topological polar surface area (TPSA) is 41.1 Å². The zero-order valence-corrected chi connectivity index (χ0v) is 10.6. The Morgan fingerprint density at radius 2 is 1.89 bits per heavy atom. The highest BCUT2D eigenvalue weighted by molar-refractivity contribution is 5.92. The first-order chi connectivity index (χ1) is 8.57. The molecule has 1 aliphatic rings. The molecule has 0 saturated heterocycles. The highest BCUT2D eigenvalue weighted by Crippen LogP contribution is 2.28. The third-order valence-electron chi connectivity index (χ3n) is 3.51. The van der Waals surface area contributed by atoms with Crippen LogP contribution in [0.4, 0.5) is 10.1 Å². The molecule has 1 fully saturated rings. The van der Waals surface area contributed by atoms with E-state index >= 15 is 0 Å². The summed E-state index contributed by atoms with van der Waals surface area (Å²) in [6.45, 7) is 2.46. The van der Waals surface area contributed by atoms with E-state index in [0.717, 1.165) is 12.8 Å². The predicted molar refractivity (Wildman–Crippen MR) is 69.9 cm³/mol. The SMILES string of the molecule is CC1(NCC(=O)Nc2ccc(F)cc2)CCCC1. The largest absolute Gasteiger partial charge is 0.325 e. The first-order valence-corrected chi connectivity index (χ1v) is 6.38. The second-order valence-corrected chi connectivity index (χ2v) is 5.18. The molecule has 1 saturated carbocycles. The van der Waals surface area contributed by atoms with Gasteiger partial charge in [-0.05, 0) is 44.0 Å². The summed E-state index contributed by atoms with van der Waals surface area (Å²) in [6, 6.07) is 5.79. The smallest absolute Gasteiger partial charge is 0.238 e. The van der Waals surface area contributed by atoms with Crippen molar-refractivity contribution in [3.8, 4) is 0 Å². The van der Waals surface area contributed by atoms with Crippen molar-refractivity contribution in [1.29, 1.82) is 0 Å². The van der Waals surface area contributed by atoms with E-state index in [1.165, 1.54) is 25.0 Å². The van der Waals surface area contributed by atoms with Crippen LogP contribution in [0.1, 0.15) is 32.6 Å². The number of amides is 1. The van der Waals surface area contributed by atoms with Crippen LogP contribution >= 0.6 is 0 Å². The minimum absolute atomic E-state index is 0.0882. The molecular formula is C14H19FN2O. The molecule has 0 unspecified atom stereocenters. The molecule has 0 spiro atoms. The Bertz CT molecular complexity index is 410. The van der Waals surface area contributed by atoms with Gasteiger partial charge in [-0.3, -0.25) is 4.79 Å². The number of carbonyl (C=O) groups excluding carboxylic acids is 1. The quantitative estimate of drug-likeness (QED) is 0.862. The predicted octanol–water partition coefficient (Wildman–Crippen LogP) is 2.69. The van der Waals surface area contributed by atoms with Gasteiger partial charge in [-0.2, -0.15) is 0 Å². The van der Waals surface area contributed by atoms with Crippen LogP contribution in [0.2, 0.25) is 0 Å². The average molecular weight is 250 g/mol. The van der Waals surface area contributed by atoms with Crippen molar-refractivity contribution in [3.63, 3.8) is 0 Å². The number of nitrogens with one attached hydrogen (secondary N) is 2. The average Bonchev–Trinajstić information content (AvgIpc) is 2.78.